The van der Waals surface area contributed by atoms with Crippen LogP contribution in [-0.2, 0) is 4.57 Å². The molecule has 0 unspecified atom stereocenters. The van der Waals surface area contributed by atoms with E-state index in [2.05, 4.69) is 5.09 Å². The maximum atomic E-state index is 13.7. The molecular weight excluding hydrogens is 289 g/mol. The first-order chi connectivity index (χ1) is 10.8. The van der Waals surface area contributed by atoms with Gasteiger partial charge in [0, 0.05) is 17.2 Å². The fourth-order valence-corrected chi connectivity index (χ4v) is 5.62. The number of hydrogen-bond donors (Lipinski definition) is 1. The summed E-state index contributed by atoms with van der Waals surface area (Å²) in [5, 5.41) is 5.25. The van der Waals surface area contributed by atoms with Gasteiger partial charge in [0.1, 0.15) is 0 Å². The van der Waals surface area contributed by atoms with Gasteiger partial charge in [-0.15, -0.1) is 0 Å². The van der Waals surface area contributed by atoms with Gasteiger partial charge in [-0.2, -0.15) is 0 Å². The van der Waals surface area contributed by atoms with Crippen LogP contribution in [0.15, 0.2) is 60.7 Å². The van der Waals surface area contributed by atoms with Crippen LogP contribution >= 0.6 is 7.29 Å². The van der Waals surface area contributed by atoms with Gasteiger partial charge in [0.25, 0.3) is 0 Å². The van der Waals surface area contributed by atoms with Crippen molar-refractivity contribution in [1.82, 2.24) is 5.09 Å². The van der Waals surface area contributed by atoms with Gasteiger partial charge in [-0.05, 0) is 43.0 Å². The van der Waals surface area contributed by atoms with Crippen molar-refractivity contribution >= 4 is 17.9 Å². The van der Waals surface area contributed by atoms with Crippen molar-refractivity contribution < 1.29 is 4.57 Å². The summed E-state index contributed by atoms with van der Waals surface area (Å²) in [7, 11) is -2.74. The maximum Gasteiger partial charge on any atom is 0.204 e. The molecule has 1 N–H and O–H groups in total. The van der Waals surface area contributed by atoms with E-state index < -0.39 is 7.29 Å². The molecule has 2 aromatic carbocycles. The summed E-state index contributed by atoms with van der Waals surface area (Å²) >= 11 is 0. The second kappa shape index (κ2) is 7.26. The van der Waals surface area contributed by atoms with E-state index in [0.717, 1.165) is 17.2 Å². The van der Waals surface area contributed by atoms with Crippen molar-refractivity contribution in [2.45, 2.75) is 32.1 Å². The highest BCUT2D eigenvalue weighted by molar-refractivity contribution is 7.76. The van der Waals surface area contributed by atoms with Crippen LogP contribution in [0.2, 0.25) is 0 Å². The highest BCUT2D eigenvalue weighted by Gasteiger charge is 2.27. The Morgan fingerprint density at radius 1 is 0.818 bits per heavy atom. The van der Waals surface area contributed by atoms with E-state index >= 15 is 0 Å². The Morgan fingerprint density at radius 3 is 1.82 bits per heavy atom. The van der Waals surface area contributed by atoms with Crippen molar-refractivity contribution in [3.63, 3.8) is 0 Å². The predicted octanol–water partition coefficient (Wildman–Crippen LogP) is 4.09. The lowest BCUT2D eigenvalue weighted by molar-refractivity contribution is 0.357. The van der Waals surface area contributed by atoms with Gasteiger partial charge in [0.2, 0.25) is 7.29 Å². The normalized spacial score (nSPS) is 16.5. The van der Waals surface area contributed by atoms with E-state index in [-0.39, 0.29) is 0 Å². The lowest BCUT2D eigenvalue weighted by Crippen LogP contribution is -2.31. The third-order valence-corrected chi connectivity index (χ3v) is 7.25. The van der Waals surface area contributed by atoms with Gasteiger partial charge in [-0.1, -0.05) is 55.7 Å². The molecular formula is C19H24NOP. The maximum absolute atomic E-state index is 13.7. The van der Waals surface area contributed by atoms with Gasteiger partial charge < -0.3 is 0 Å². The molecule has 3 rings (SSSR count). The van der Waals surface area contributed by atoms with Crippen LogP contribution in [-0.4, -0.2) is 6.54 Å². The molecule has 0 spiro atoms. The lowest BCUT2D eigenvalue weighted by atomic mass is 9.90. The summed E-state index contributed by atoms with van der Waals surface area (Å²) in [5.74, 6) is 0.662. The second-order valence-electron chi connectivity index (χ2n) is 6.15. The SMILES string of the molecule is O=P(NCC1CCCCC1)(c1ccccc1)c1ccccc1. The van der Waals surface area contributed by atoms with E-state index in [0.29, 0.717) is 5.92 Å². The van der Waals surface area contributed by atoms with Gasteiger partial charge >= 0.3 is 0 Å². The largest absolute Gasteiger partial charge is 0.297 e. The summed E-state index contributed by atoms with van der Waals surface area (Å²) in [6.07, 6.45) is 6.50. The smallest absolute Gasteiger partial charge is 0.204 e. The quantitative estimate of drug-likeness (QED) is 0.843. The first kappa shape index (κ1) is 15.5. The predicted molar refractivity (Wildman–Crippen MR) is 94.3 cm³/mol. The molecule has 0 bridgehead atoms. The summed E-state index contributed by atoms with van der Waals surface area (Å²) in [6, 6.07) is 19.7. The molecule has 0 radical (unpaired) electrons. The minimum absolute atomic E-state index is 0.662. The lowest BCUT2D eigenvalue weighted by Gasteiger charge is -2.26. The molecule has 2 aromatic rings. The van der Waals surface area contributed by atoms with E-state index in [9.17, 15) is 4.57 Å². The Bertz CT molecular complexity index is 577. The molecule has 3 heteroatoms. The molecule has 1 aliphatic rings. The van der Waals surface area contributed by atoms with Gasteiger partial charge in [-0.25, -0.2) is 0 Å². The molecule has 22 heavy (non-hydrogen) atoms. The van der Waals surface area contributed by atoms with Crippen molar-refractivity contribution in [3.8, 4) is 0 Å². The zero-order valence-corrected chi connectivity index (χ0v) is 13.8. The first-order valence-electron chi connectivity index (χ1n) is 8.25. The summed E-state index contributed by atoms with van der Waals surface area (Å²) < 4.78 is 13.7. The first-order valence-corrected chi connectivity index (χ1v) is 9.96. The molecule has 1 saturated carbocycles. The highest BCUT2D eigenvalue weighted by Crippen LogP contribution is 2.39. The highest BCUT2D eigenvalue weighted by atomic mass is 31.2. The molecule has 2 nitrogen and oxygen atoms in total. The molecule has 1 fully saturated rings. The molecule has 116 valence electrons. The molecule has 0 saturated heterocycles. The zero-order chi connectivity index (χ0) is 15.3. The number of benzene rings is 2. The van der Waals surface area contributed by atoms with E-state index in [4.69, 9.17) is 0 Å². The van der Waals surface area contributed by atoms with Gasteiger partial charge in [0.05, 0.1) is 0 Å². The molecule has 0 atom stereocenters. The molecule has 0 aliphatic heterocycles. The molecule has 1 aliphatic carbocycles. The second-order valence-corrected chi connectivity index (χ2v) is 8.71. The van der Waals surface area contributed by atoms with Crippen LogP contribution in [0, 0.1) is 5.92 Å². The number of rotatable bonds is 5. The summed E-state index contributed by atoms with van der Waals surface area (Å²) in [6.45, 7) is 0.848. The fourth-order valence-electron chi connectivity index (χ4n) is 3.26. The number of nitrogens with one attached hydrogen (secondary N) is 1. The topological polar surface area (TPSA) is 29.1 Å². The number of hydrogen-bond acceptors (Lipinski definition) is 1. The fraction of sp³-hybridized carbons (Fsp3) is 0.368. The summed E-state index contributed by atoms with van der Waals surface area (Å²) in [5.41, 5.74) is 0. The van der Waals surface area contributed by atoms with Crippen molar-refractivity contribution in [1.29, 1.82) is 0 Å². The van der Waals surface area contributed by atoms with Gasteiger partial charge in [0.15, 0.2) is 0 Å². The van der Waals surface area contributed by atoms with Crippen LogP contribution in [0.25, 0.3) is 0 Å². The minimum atomic E-state index is -2.74. The molecule has 0 aromatic heterocycles. The molecule has 0 heterocycles. The van der Waals surface area contributed by atoms with Crippen molar-refractivity contribution in [2.24, 2.45) is 5.92 Å². The van der Waals surface area contributed by atoms with Crippen LogP contribution in [0.1, 0.15) is 32.1 Å². The van der Waals surface area contributed by atoms with Crippen LogP contribution < -0.4 is 15.7 Å². The molecule has 0 amide bonds. The third-order valence-electron chi connectivity index (χ3n) is 4.57. The van der Waals surface area contributed by atoms with E-state index in [1.807, 2.05) is 60.7 Å². The minimum Gasteiger partial charge on any atom is -0.297 e. The third kappa shape index (κ3) is 3.51. The van der Waals surface area contributed by atoms with Crippen molar-refractivity contribution in [3.05, 3.63) is 60.7 Å². The summed E-state index contributed by atoms with van der Waals surface area (Å²) in [4.78, 5) is 0. The Kier molecular flexibility index (Phi) is 5.12. The monoisotopic (exact) mass is 313 g/mol. The Balaban J connectivity index is 1.85. The van der Waals surface area contributed by atoms with Crippen molar-refractivity contribution in [2.75, 3.05) is 6.54 Å². The average molecular weight is 313 g/mol. The Morgan fingerprint density at radius 2 is 1.32 bits per heavy atom. The van der Waals surface area contributed by atoms with Gasteiger partial charge in [-0.3, -0.25) is 9.65 Å². The Labute approximate surface area is 133 Å². The van der Waals surface area contributed by atoms with Crippen LogP contribution in [0.4, 0.5) is 0 Å². The Hall–Kier alpha value is -1.37. The zero-order valence-electron chi connectivity index (χ0n) is 12.9. The van der Waals surface area contributed by atoms with Crippen LogP contribution in [0.5, 0.6) is 0 Å². The van der Waals surface area contributed by atoms with E-state index in [1.54, 1.807) is 0 Å². The van der Waals surface area contributed by atoms with E-state index in [1.165, 1.54) is 32.1 Å². The standard InChI is InChI=1S/C19H24NOP/c21-22(18-12-6-2-7-13-18,19-14-8-3-9-15-19)20-16-17-10-4-1-5-11-17/h2-3,6-9,12-15,17H,1,4-5,10-11,16H2,(H,20,21). The van der Waals surface area contributed by atoms with Crippen LogP contribution in [0.3, 0.4) is 0 Å². The average Bonchev–Trinajstić information content (AvgIpc) is 2.62.